The van der Waals surface area contributed by atoms with Gasteiger partial charge in [0, 0.05) is 5.41 Å². The lowest BCUT2D eigenvalue weighted by molar-refractivity contribution is 0.414. The number of thiocarbonyl (C=S) groups is 1. The Balaban J connectivity index is 2.77. The zero-order chi connectivity index (χ0) is 11.5. The molecule has 0 spiro atoms. The van der Waals surface area contributed by atoms with Crippen LogP contribution in [-0.2, 0) is 6.42 Å². The zero-order valence-electron chi connectivity index (χ0n) is 9.41. The molecule has 0 aromatic heterocycles. The number of rotatable bonds is 4. The molecule has 1 rings (SSSR count). The Hall–Kier alpha value is -1.09. The fourth-order valence-corrected chi connectivity index (χ4v) is 1.41. The predicted octanol–water partition coefficient (Wildman–Crippen LogP) is 2.55. The molecule has 0 atom stereocenters. The van der Waals surface area contributed by atoms with Crippen LogP contribution < -0.4 is 10.5 Å². The van der Waals surface area contributed by atoms with Crippen LogP contribution in [0, 0.1) is 5.41 Å². The number of nitrogens with two attached hydrogens (primary N) is 1. The van der Waals surface area contributed by atoms with Crippen molar-refractivity contribution in [3.8, 4) is 5.75 Å². The lowest BCUT2D eigenvalue weighted by Crippen LogP contribution is -2.31. The Morgan fingerprint density at radius 1 is 1.33 bits per heavy atom. The molecule has 0 aliphatic rings. The second-order valence-electron chi connectivity index (χ2n) is 4.27. The fraction of sp³-hybridized carbons (Fsp3) is 0.417. The second-order valence-corrected chi connectivity index (χ2v) is 4.71. The van der Waals surface area contributed by atoms with Crippen LogP contribution in [0.25, 0.3) is 0 Å². The largest absolute Gasteiger partial charge is 0.497 e. The summed E-state index contributed by atoms with van der Waals surface area (Å²) in [5, 5.41) is 0. The van der Waals surface area contributed by atoms with Crippen LogP contribution in [0.1, 0.15) is 19.4 Å². The molecule has 0 aliphatic carbocycles. The van der Waals surface area contributed by atoms with E-state index in [4.69, 9.17) is 22.7 Å². The summed E-state index contributed by atoms with van der Waals surface area (Å²) in [6.45, 7) is 4.11. The van der Waals surface area contributed by atoms with Gasteiger partial charge in [-0.2, -0.15) is 0 Å². The molecule has 3 heteroatoms. The van der Waals surface area contributed by atoms with Gasteiger partial charge >= 0.3 is 0 Å². The summed E-state index contributed by atoms with van der Waals surface area (Å²) in [5.41, 5.74) is 6.76. The summed E-state index contributed by atoms with van der Waals surface area (Å²) in [6, 6.07) is 7.98. The third-order valence-corrected chi connectivity index (χ3v) is 3.02. The topological polar surface area (TPSA) is 35.2 Å². The Morgan fingerprint density at radius 3 is 2.27 bits per heavy atom. The van der Waals surface area contributed by atoms with Crippen LogP contribution in [0.15, 0.2) is 24.3 Å². The van der Waals surface area contributed by atoms with E-state index in [1.807, 2.05) is 24.3 Å². The Morgan fingerprint density at radius 2 is 1.87 bits per heavy atom. The first-order chi connectivity index (χ1) is 6.95. The van der Waals surface area contributed by atoms with Crippen molar-refractivity contribution in [3.63, 3.8) is 0 Å². The quantitative estimate of drug-likeness (QED) is 0.797. The molecular weight excluding hydrogens is 206 g/mol. The summed E-state index contributed by atoms with van der Waals surface area (Å²) in [4.78, 5) is 0.554. The maximum atomic E-state index is 5.68. The van der Waals surface area contributed by atoms with Crippen molar-refractivity contribution in [1.82, 2.24) is 0 Å². The third-order valence-electron chi connectivity index (χ3n) is 2.47. The lowest BCUT2D eigenvalue weighted by atomic mass is 9.86. The van der Waals surface area contributed by atoms with Crippen molar-refractivity contribution in [2.45, 2.75) is 20.3 Å². The standard InChI is InChI=1S/C12H17NOS/c1-12(2,11(13)15)8-9-4-6-10(14-3)7-5-9/h4-7H,8H2,1-3H3,(H2,13,15). The van der Waals surface area contributed by atoms with Crippen LogP contribution in [-0.4, -0.2) is 12.1 Å². The van der Waals surface area contributed by atoms with E-state index in [0.717, 1.165) is 12.2 Å². The summed E-state index contributed by atoms with van der Waals surface area (Å²) in [5.74, 6) is 0.867. The second kappa shape index (κ2) is 4.62. The molecule has 2 nitrogen and oxygen atoms in total. The van der Waals surface area contributed by atoms with E-state index in [1.165, 1.54) is 5.56 Å². The highest BCUT2D eigenvalue weighted by Gasteiger charge is 2.21. The monoisotopic (exact) mass is 223 g/mol. The van der Waals surface area contributed by atoms with Crippen LogP contribution in [0.5, 0.6) is 5.75 Å². The summed E-state index contributed by atoms with van der Waals surface area (Å²) in [6.07, 6.45) is 0.853. The van der Waals surface area contributed by atoms with Crippen molar-refractivity contribution in [2.24, 2.45) is 11.1 Å². The molecule has 15 heavy (non-hydrogen) atoms. The molecule has 0 unspecified atom stereocenters. The van der Waals surface area contributed by atoms with E-state index in [1.54, 1.807) is 7.11 Å². The van der Waals surface area contributed by atoms with E-state index < -0.39 is 0 Å². The minimum atomic E-state index is -0.135. The van der Waals surface area contributed by atoms with E-state index in [2.05, 4.69) is 13.8 Å². The Kier molecular flexibility index (Phi) is 3.69. The van der Waals surface area contributed by atoms with E-state index in [9.17, 15) is 0 Å². The van der Waals surface area contributed by atoms with Gasteiger partial charge in [0.25, 0.3) is 0 Å². The first-order valence-electron chi connectivity index (χ1n) is 4.88. The lowest BCUT2D eigenvalue weighted by Gasteiger charge is -2.23. The molecule has 1 aromatic rings. The minimum absolute atomic E-state index is 0.135. The van der Waals surface area contributed by atoms with Gasteiger partial charge in [-0.15, -0.1) is 0 Å². The van der Waals surface area contributed by atoms with Crippen LogP contribution >= 0.6 is 12.2 Å². The highest BCUT2D eigenvalue weighted by Crippen LogP contribution is 2.23. The van der Waals surface area contributed by atoms with Crippen molar-refractivity contribution >= 4 is 17.2 Å². The number of ether oxygens (including phenoxy) is 1. The molecule has 1 aromatic carbocycles. The first-order valence-corrected chi connectivity index (χ1v) is 5.29. The maximum Gasteiger partial charge on any atom is 0.118 e. The average Bonchev–Trinajstić information content (AvgIpc) is 2.18. The number of hydrogen-bond acceptors (Lipinski definition) is 2. The van der Waals surface area contributed by atoms with Gasteiger partial charge in [0.2, 0.25) is 0 Å². The third kappa shape index (κ3) is 3.20. The number of methoxy groups -OCH3 is 1. The molecule has 0 aliphatic heterocycles. The smallest absolute Gasteiger partial charge is 0.118 e. The van der Waals surface area contributed by atoms with Crippen LogP contribution in [0.4, 0.5) is 0 Å². The maximum absolute atomic E-state index is 5.68. The normalized spacial score (nSPS) is 11.1. The molecule has 0 amide bonds. The molecule has 0 radical (unpaired) electrons. The Labute approximate surface area is 96.4 Å². The van der Waals surface area contributed by atoms with Crippen LogP contribution in [0.3, 0.4) is 0 Å². The van der Waals surface area contributed by atoms with E-state index in [-0.39, 0.29) is 5.41 Å². The molecule has 0 saturated carbocycles. The number of hydrogen-bond donors (Lipinski definition) is 1. The van der Waals surface area contributed by atoms with E-state index in [0.29, 0.717) is 4.99 Å². The van der Waals surface area contributed by atoms with Gasteiger partial charge < -0.3 is 10.5 Å². The molecule has 0 saturated heterocycles. The summed E-state index contributed by atoms with van der Waals surface area (Å²) >= 11 is 5.03. The van der Waals surface area contributed by atoms with Gasteiger partial charge in [0.1, 0.15) is 5.75 Å². The van der Waals surface area contributed by atoms with E-state index >= 15 is 0 Å². The first kappa shape index (κ1) is 12.0. The van der Waals surface area contributed by atoms with Gasteiger partial charge in [0.05, 0.1) is 12.1 Å². The summed E-state index contributed by atoms with van der Waals surface area (Å²) < 4.78 is 5.10. The molecule has 0 bridgehead atoms. The van der Waals surface area contributed by atoms with Crippen molar-refractivity contribution < 1.29 is 4.74 Å². The Bertz CT molecular complexity index is 343. The van der Waals surface area contributed by atoms with Gasteiger partial charge in [-0.05, 0) is 24.1 Å². The fourth-order valence-electron chi connectivity index (χ4n) is 1.34. The zero-order valence-corrected chi connectivity index (χ0v) is 10.2. The summed E-state index contributed by atoms with van der Waals surface area (Å²) in [7, 11) is 1.66. The molecule has 2 N–H and O–H groups in total. The highest BCUT2D eigenvalue weighted by molar-refractivity contribution is 7.80. The molecular formula is C12H17NOS. The van der Waals surface area contributed by atoms with Crippen molar-refractivity contribution in [3.05, 3.63) is 29.8 Å². The van der Waals surface area contributed by atoms with Gasteiger partial charge in [-0.1, -0.05) is 38.2 Å². The highest BCUT2D eigenvalue weighted by atomic mass is 32.1. The predicted molar refractivity (Wildman–Crippen MR) is 67.3 cm³/mol. The molecule has 82 valence electrons. The molecule has 0 heterocycles. The molecule has 0 fully saturated rings. The van der Waals surface area contributed by atoms with Crippen molar-refractivity contribution in [1.29, 1.82) is 0 Å². The van der Waals surface area contributed by atoms with Gasteiger partial charge in [0.15, 0.2) is 0 Å². The van der Waals surface area contributed by atoms with Crippen molar-refractivity contribution in [2.75, 3.05) is 7.11 Å². The average molecular weight is 223 g/mol. The minimum Gasteiger partial charge on any atom is -0.497 e. The van der Waals surface area contributed by atoms with Crippen LogP contribution in [0.2, 0.25) is 0 Å². The SMILES string of the molecule is COc1ccc(CC(C)(C)C(N)=S)cc1. The van der Waals surface area contributed by atoms with Gasteiger partial charge in [-0.25, -0.2) is 0 Å². The van der Waals surface area contributed by atoms with Gasteiger partial charge in [-0.3, -0.25) is 0 Å². The number of benzene rings is 1.